The van der Waals surface area contributed by atoms with Crippen LogP contribution >= 0.6 is 0 Å². The molecule has 0 aliphatic carbocycles. The highest BCUT2D eigenvalue weighted by Gasteiger charge is 2.17. The van der Waals surface area contributed by atoms with Crippen LogP contribution in [0.25, 0.3) is 0 Å². The monoisotopic (exact) mass is 686 g/mol. The van der Waals surface area contributed by atoms with E-state index in [1.54, 1.807) is 6.08 Å². The van der Waals surface area contributed by atoms with Gasteiger partial charge in [0.2, 0.25) is 5.91 Å². The fourth-order valence-corrected chi connectivity index (χ4v) is 6.20. The van der Waals surface area contributed by atoms with Crippen LogP contribution in [-0.4, -0.2) is 34.9 Å². The number of hydrogen-bond acceptors (Lipinski definition) is 3. The quantitative estimate of drug-likeness (QED) is 0.0447. The van der Waals surface area contributed by atoms with E-state index in [2.05, 4.69) is 55.6 Å². The number of carbonyl (C=O) groups excluding carboxylic acids is 1. The number of unbranched alkanes of at least 4 members (excludes halogenated alkanes) is 25. The Hall–Kier alpha value is -1.65. The van der Waals surface area contributed by atoms with Crippen LogP contribution < -0.4 is 5.32 Å². The van der Waals surface area contributed by atoms with E-state index in [0.29, 0.717) is 6.42 Å². The molecule has 0 bridgehead atoms. The second-order valence-corrected chi connectivity index (χ2v) is 14.4. The van der Waals surface area contributed by atoms with Gasteiger partial charge in [-0.05, 0) is 70.6 Å². The normalized spacial score (nSPS) is 13.5. The summed E-state index contributed by atoms with van der Waals surface area (Å²) in [6.45, 7) is 4.28. The number of hydrogen-bond donors (Lipinski definition) is 3. The lowest BCUT2D eigenvalue weighted by Gasteiger charge is -2.19. The highest BCUT2D eigenvalue weighted by atomic mass is 16.3. The van der Waals surface area contributed by atoms with Crippen LogP contribution in [-0.2, 0) is 4.79 Å². The van der Waals surface area contributed by atoms with E-state index < -0.39 is 12.1 Å². The molecule has 3 N–H and O–H groups in total. The zero-order chi connectivity index (χ0) is 35.7. The number of rotatable bonds is 38. The molecule has 4 nitrogen and oxygen atoms in total. The Morgan fingerprint density at radius 3 is 1.18 bits per heavy atom. The molecule has 286 valence electrons. The molecule has 0 aromatic rings. The molecule has 2 atom stereocenters. The SMILES string of the molecule is CCCCCCC/C=C/CC/C=C/CC/C=C/C(O)C(CO)NC(=O)CCCCCCCCC/C=C\CCCCCCCCCCCCC. The lowest BCUT2D eigenvalue weighted by atomic mass is 10.0. The van der Waals surface area contributed by atoms with Crippen LogP contribution in [0.4, 0.5) is 0 Å². The Morgan fingerprint density at radius 1 is 0.469 bits per heavy atom. The van der Waals surface area contributed by atoms with Gasteiger partial charge in [-0.15, -0.1) is 0 Å². The van der Waals surface area contributed by atoms with Gasteiger partial charge in [0, 0.05) is 6.42 Å². The molecule has 0 aromatic heterocycles. The Balaban J connectivity index is 3.63. The van der Waals surface area contributed by atoms with E-state index in [9.17, 15) is 15.0 Å². The molecule has 0 radical (unpaired) electrons. The summed E-state index contributed by atoms with van der Waals surface area (Å²) in [6, 6.07) is -0.647. The number of allylic oxidation sites excluding steroid dienone is 7. The van der Waals surface area contributed by atoms with Gasteiger partial charge >= 0.3 is 0 Å². The van der Waals surface area contributed by atoms with Crippen LogP contribution in [0.15, 0.2) is 48.6 Å². The first-order valence-corrected chi connectivity index (χ1v) is 21.4. The lowest BCUT2D eigenvalue weighted by molar-refractivity contribution is -0.123. The van der Waals surface area contributed by atoms with Gasteiger partial charge < -0.3 is 15.5 Å². The second-order valence-electron chi connectivity index (χ2n) is 14.4. The first-order chi connectivity index (χ1) is 24.2. The highest BCUT2D eigenvalue weighted by molar-refractivity contribution is 5.76. The number of aliphatic hydroxyl groups is 2. The molecule has 1 amide bonds. The molecule has 0 spiro atoms. The van der Waals surface area contributed by atoms with Gasteiger partial charge in [-0.25, -0.2) is 0 Å². The Bertz CT molecular complexity index is 786. The van der Waals surface area contributed by atoms with Crippen molar-refractivity contribution in [3.63, 3.8) is 0 Å². The van der Waals surface area contributed by atoms with E-state index in [0.717, 1.165) is 38.5 Å². The summed E-state index contributed by atoms with van der Waals surface area (Å²) in [5.41, 5.74) is 0. The van der Waals surface area contributed by atoms with Crippen LogP contribution in [0.5, 0.6) is 0 Å². The first kappa shape index (κ1) is 47.4. The van der Waals surface area contributed by atoms with E-state index in [-0.39, 0.29) is 12.5 Å². The largest absolute Gasteiger partial charge is 0.394 e. The van der Waals surface area contributed by atoms with Crippen molar-refractivity contribution >= 4 is 5.91 Å². The standard InChI is InChI=1S/C45H83NO3/c1-3-5-7-9-11-13-15-17-19-20-21-22-23-24-25-27-29-31-33-35-37-39-41-45(49)46-43(42-47)44(48)40-38-36-34-32-30-28-26-18-16-14-12-10-8-6-4-2/h16,18,23-24,30,32,38,40,43-44,47-48H,3-15,17,19-22,25-29,31,33-37,39,41-42H2,1-2H3,(H,46,49)/b18-16+,24-23-,32-30+,40-38+. The summed E-state index contributed by atoms with van der Waals surface area (Å²) in [4.78, 5) is 12.4. The third-order valence-electron chi connectivity index (χ3n) is 9.51. The molecular weight excluding hydrogens is 602 g/mol. The van der Waals surface area contributed by atoms with Crippen LogP contribution in [0.1, 0.15) is 213 Å². The lowest BCUT2D eigenvalue weighted by Crippen LogP contribution is -2.45. The molecule has 0 heterocycles. The molecule has 0 aliphatic heterocycles. The van der Waals surface area contributed by atoms with E-state index in [1.807, 2.05) is 6.08 Å². The van der Waals surface area contributed by atoms with Crippen molar-refractivity contribution in [3.05, 3.63) is 48.6 Å². The molecule has 0 saturated carbocycles. The predicted molar refractivity (Wildman–Crippen MR) is 216 cm³/mol. The minimum atomic E-state index is -0.871. The van der Waals surface area contributed by atoms with Gasteiger partial charge in [-0.1, -0.05) is 184 Å². The summed E-state index contributed by atoms with van der Waals surface area (Å²) >= 11 is 0. The minimum absolute atomic E-state index is 0.0834. The Labute approximate surface area is 305 Å². The first-order valence-electron chi connectivity index (χ1n) is 21.4. The molecule has 49 heavy (non-hydrogen) atoms. The zero-order valence-electron chi connectivity index (χ0n) is 32.7. The number of aliphatic hydroxyl groups excluding tert-OH is 2. The van der Waals surface area contributed by atoms with Crippen molar-refractivity contribution in [2.75, 3.05) is 6.61 Å². The third kappa shape index (κ3) is 37.4. The number of amides is 1. The smallest absolute Gasteiger partial charge is 0.220 e. The van der Waals surface area contributed by atoms with Crippen molar-refractivity contribution in [1.82, 2.24) is 5.32 Å². The Morgan fingerprint density at radius 2 is 0.796 bits per heavy atom. The molecule has 0 fully saturated rings. The average Bonchev–Trinajstić information content (AvgIpc) is 3.10. The third-order valence-corrected chi connectivity index (χ3v) is 9.51. The minimum Gasteiger partial charge on any atom is -0.394 e. The zero-order valence-corrected chi connectivity index (χ0v) is 32.7. The van der Waals surface area contributed by atoms with E-state index in [1.165, 1.54) is 154 Å². The van der Waals surface area contributed by atoms with E-state index >= 15 is 0 Å². The number of carbonyl (C=O) groups is 1. The van der Waals surface area contributed by atoms with Crippen molar-refractivity contribution < 1.29 is 15.0 Å². The molecule has 0 rings (SSSR count). The van der Waals surface area contributed by atoms with Crippen molar-refractivity contribution in [3.8, 4) is 0 Å². The van der Waals surface area contributed by atoms with Crippen LogP contribution in [0.2, 0.25) is 0 Å². The summed E-state index contributed by atoms with van der Waals surface area (Å²) in [5.74, 6) is -0.0834. The maximum atomic E-state index is 12.4. The molecular formula is C45H83NO3. The van der Waals surface area contributed by atoms with Gasteiger partial charge in [-0.3, -0.25) is 4.79 Å². The molecule has 2 unspecified atom stereocenters. The van der Waals surface area contributed by atoms with Crippen LogP contribution in [0, 0.1) is 0 Å². The molecule has 0 saturated heterocycles. The van der Waals surface area contributed by atoms with Crippen molar-refractivity contribution in [2.24, 2.45) is 0 Å². The van der Waals surface area contributed by atoms with Gasteiger partial charge in [0.25, 0.3) is 0 Å². The summed E-state index contributed by atoms with van der Waals surface area (Å²) < 4.78 is 0. The predicted octanol–water partition coefficient (Wildman–Crippen LogP) is 13.2. The fraction of sp³-hybridized carbons (Fsp3) is 0.800. The van der Waals surface area contributed by atoms with Gasteiger partial charge in [0.05, 0.1) is 18.8 Å². The second kappa shape index (κ2) is 40.8. The molecule has 4 heteroatoms. The average molecular weight is 686 g/mol. The summed E-state index contributed by atoms with van der Waals surface area (Å²) in [5, 5.41) is 22.9. The van der Waals surface area contributed by atoms with Gasteiger partial charge in [-0.2, -0.15) is 0 Å². The maximum Gasteiger partial charge on any atom is 0.220 e. The van der Waals surface area contributed by atoms with Crippen molar-refractivity contribution in [2.45, 2.75) is 225 Å². The molecule has 0 aromatic carbocycles. The number of nitrogens with one attached hydrogen (secondary N) is 1. The fourth-order valence-electron chi connectivity index (χ4n) is 6.20. The summed E-state index contributed by atoms with van der Waals surface area (Å²) in [7, 11) is 0. The van der Waals surface area contributed by atoms with Gasteiger partial charge in [0.15, 0.2) is 0 Å². The highest BCUT2D eigenvalue weighted by Crippen LogP contribution is 2.14. The van der Waals surface area contributed by atoms with Crippen LogP contribution in [0.3, 0.4) is 0 Å². The summed E-state index contributed by atoms with van der Waals surface area (Å²) in [6.07, 6.45) is 55.0. The Kier molecular flexibility index (Phi) is 39.4. The van der Waals surface area contributed by atoms with E-state index in [4.69, 9.17) is 0 Å². The van der Waals surface area contributed by atoms with Crippen molar-refractivity contribution in [1.29, 1.82) is 0 Å². The topological polar surface area (TPSA) is 69.6 Å². The molecule has 0 aliphatic rings. The maximum absolute atomic E-state index is 12.4. The van der Waals surface area contributed by atoms with Gasteiger partial charge in [0.1, 0.15) is 0 Å².